The molecule has 0 aliphatic rings. The van der Waals surface area contributed by atoms with Crippen molar-refractivity contribution in [1.82, 2.24) is 9.97 Å². The van der Waals surface area contributed by atoms with Gasteiger partial charge in [-0.05, 0) is 48.9 Å². The van der Waals surface area contributed by atoms with E-state index in [2.05, 4.69) is 20.5 Å². The summed E-state index contributed by atoms with van der Waals surface area (Å²) < 4.78 is 11.5. The molecule has 0 radical (unpaired) electrons. The Hall–Kier alpha value is -3.93. The van der Waals surface area contributed by atoms with Crippen molar-refractivity contribution >= 4 is 23.1 Å². The predicted molar refractivity (Wildman–Crippen MR) is 115 cm³/mol. The molecule has 0 saturated carbocycles. The third-order valence-corrected chi connectivity index (χ3v) is 4.04. The molecule has 0 bridgehead atoms. The summed E-state index contributed by atoms with van der Waals surface area (Å²) in [5.74, 6) is 2.41. The quantitative estimate of drug-likeness (QED) is 0.347. The summed E-state index contributed by atoms with van der Waals surface area (Å²) in [6.07, 6.45) is 1.70. The standard InChI is InChI=1S/C23H20N4O2/c1-2-28-23-22(25-20-13-6-7-14-21(20)26-23)27-24-16-17-9-8-12-19(15-17)29-18-10-4-3-5-11-18/h3-16H,2H2,1H3,(H,25,27)/b24-16+. The molecule has 0 fully saturated rings. The number of hydrogen-bond donors (Lipinski definition) is 1. The van der Waals surface area contributed by atoms with E-state index < -0.39 is 0 Å². The lowest BCUT2D eigenvalue weighted by atomic mass is 10.2. The number of nitrogens with one attached hydrogen (secondary N) is 1. The van der Waals surface area contributed by atoms with E-state index in [0.29, 0.717) is 18.3 Å². The lowest BCUT2D eigenvalue weighted by molar-refractivity contribution is 0.328. The van der Waals surface area contributed by atoms with Crippen LogP contribution in [0.3, 0.4) is 0 Å². The van der Waals surface area contributed by atoms with E-state index in [9.17, 15) is 0 Å². The first-order valence-electron chi connectivity index (χ1n) is 9.33. The second kappa shape index (κ2) is 8.84. The normalized spacial score (nSPS) is 10.9. The van der Waals surface area contributed by atoms with Crippen LogP contribution in [0.15, 0.2) is 84.0 Å². The van der Waals surface area contributed by atoms with Gasteiger partial charge in [0.15, 0.2) is 0 Å². The summed E-state index contributed by atoms with van der Waals surface area (Å²) in [6, 6.07) is 25.0. The molecule has 3 aromatic carbocycles. The zero-order valence-electron chi connectivity index (χ0n) is 15.9. The van der Waals surface area contributed by atoms with Crippen molar-refractivity contribution in [3.05, 3.63) is 84.4 Å². The number of para-hydroxylation sites is 3. The van der Waals surface area contributed by atoms with Crippen LogP contribution in [-0.4, -0.2) is 22.8 Å². The predicted octanol–water partition coefficient (Wildman–Crippen LogP) is 5.27. The van der Waals surface area contributed by atoms with Crippen molar-refractivity contribution in [1.29, 1.82) is 0 Å². The molecule has 1 heterocycles. The molecule has 0 aliphatic carbocycles. The zero-order valence-corrected chi connectivity index (χ0v) is 15.9. The van der Waals surface area contributed by atoms with Crippen LogP contribution >= 0.6 is 0 Å². The first-order valence-corrected chi connectivity index (χ1v) is 9.33. The molecule has 0 aliphatic heterocycles. The van der Waals surface area contributed by atoms with Gasteiger partial charge in [-0.25, -0.2) is 9.97 Å². The molecule has 4 aromatic rings. The summed E-state index contributed by atoms with van der Waals surface area (Å²) in [5.41, 5.74) is 5.37. The van der Waals surface area contributed by atoms with Crippen LogP contribution in [0.25, 0.3) is 11.0 Å². The Morgan fingerprint density at radius 3 is 2.38 bits per heavy atom. The molecule has 0 saturated heterocycles. The van der Waals surface area contributed by atoms with Gasteiger partial charge >= 0.3 is 0 Å². The average molecular weight is 384 g/mol. The Morgan fingerprint density at radius 1 is 0.862 bits per heavy atom. The molecular weight excluding hydrogens is 364 g/mol. The Balaban J connectivity index is 1.51. The van der Waals surface area contributed by atoms with Gasteiger partial charge in [0.05, 0.1) is 23.9 Å². The number of fused-ring (bicyclic) bond motifs is 1. The van der Waals surface area contributed by atoms with Gasteiger partial charge in [0.25, 0.3) is 5.88 Å². The summed E-state index contributed by atoms with van der Waals surface area (Å²) in [4.78, 5) is 9.07. The van der Waals surface area contributed by atoms with E-state index >= 15 is 0 Å². The van der Waals surface area contributed by atoms with Gasteiger partial charge in [-0.3, -0.25) is 5.43 Å². The number of rotatable bonds is 7. The molecular formula is C23H20N4O2. The topological polar surface area (TPSA) is 68.6 Å². The van der Waals surface area contributed by atoms with E-state index in [1.54, 1.807) is 6.21 Å². The molecule has 1 N–H and O–H groups in total. The molecule has 144 valence electrons. The maximum Gasteiger partial charge on any atom is 0.259 e. The lowest BCUT2D eigenvalue weighted by Crippen LogP contribution is -2.03. The minimum absolute atomic E-state index is 0.421. The fourth-order valence-corrected chi connectivity index (χ4v) is 2.74. The number of anilines is 1. The molecule has 29 heavy (non-hydrogen) atoms. The Labute approximate surface area is 168 Å². The first kappa shape index (κ1) is 18.4. The molecule has 0 atom stereocenters. The second-order valence-electron chi connectivity index (χ2n) is 6.16. The maximum atomic E-state index is 5.86. The van der Waals surface area contributed by atoms with Crippen LogP contribution < -0.4 is 14.9 Å². The van der Waals surface area contributed by atoms with Crippen molar-refractivity contribution in [2.24, 2.45) is 5.10 Å². The highest BCUT2D eigenvalue weighted by atomic mass is 16.5. The fourth-order valence-electron chi connectivity index (χ4n) is 2.74. The summed E-state index contributed by atoms with van der Waals surface area (Å²) in [6.45, 7) is 2.40. The van der Waals surface area contributed by atoms with Gasteiger partial charge in [0, 0.05) is 0 Å². The molecule has 0 amide bonds. The lowest BCUT2D eigenvalue weighted by Gasteiger charge is -2.09. The molecule has 6 nitrogen and oxygen atoms in total. The first-order chi connectivity index (χ1) is 14.3. The minimum Gasteiger partial charge on any atom is -0.475 e. The summed E-state index contributed by atoms with van der Waals surface area (Å²) in [5, 5.41) is 4.30. The van der Waals surface area contributed by atoms with E-state index in [-0.39, 0.29) is 0 Å². The Kier molecular flexibility index (Phi) is 5.62. The van der Waals surface area contributed by atoms with Crippen LogP contribution in [0.4, 0.5) is 5.82 Å². The highest BCUT2D eigenvalue weighted by Gasteiger charge is 2.09. The molecule has 4 rings (SSSR count). The van der Waals surface area contributed by atoms with Gasteiger partial charge in [-0.15, -0.1) is 0 Å². The third-order valence-electron chi connectivity index (χ3n) is 4.04. The number of ether oxygens (including phenoxy) is 2. The van der Waals surface area contributed by atoms with Crippen molar-refractivity contribution in [3.8, 4) is 17.4 Å². The van der Waals surface area contributed by atoms with Crippen LogP contribution in [-0.2, 0) is 0 Å². The average Bonchev–Trinajstić information content (AvgIpc) is 2.75. The fraction of sp³-hybridized carbons (Fsp3) is 0.0870. The van der Waals surface area contributed by atoms with Crippen LogP contribution in [0.5, 0.6) is 17.4 Å². The Morgan fingerprint density at radius 2 is 1.59 bits per heavy atom. The number of aromatic nitrogens is 2. The van der Waals surface area contributed by atoms with Crippen molar-refractivity contribution in [3.63, 3.8) is 0 Å². The molecule has 6 heteroatoms. The van der Waals surface area contributed by atoms with E-state index in [1.165, 1.54) is 0 Å². The highest BCUT2D eigenvalue weighted by molar-refractivity contribution is 5.81. The van der Waals surface area contributed by atoms with Crippen molar-refractivity contribution in [2.45, 2.75) is 6.92 Å². The summed E-state index contributed by atoms with van der Waals surface area (Å²) in [7, 11) is 0. The largest absolute Gasteiger partial charge is 0.475 e. The van der Waals surface area contributed by atoms with Crippen LogP contribution in [0, 0.1) is 0 Å². The van der Waals surface area contributed by atoms with Crippen LogP contribution in [0.1, 0.15) is 12.5 Å². The second-order valence-corrected chi connectivity index (χ2v) is 6.16. The van der Waals surface area contributed by atoms with Gasteiger partial charge < -0.3 is 9.47 Å². The summed E-state index contributed by atoms with van der Waals surface area (Å²) >= 11 is 0. The smallest absolute Gasteiger partial charge is 0.259 e. The molecule has 0 unspecified atom stereocenters. The number of nitrogens with zero attached hydrogens (tertiary/aromatic N) is 3. The molecule has 0 spiro atoms. The van der Waals surface area contributed by atoms with E-state index in [4.69, 9.17) is 9.47 Å². The monoisotopic (exact) mass is 384 g/mol. The van der Waals surface area contributed by atoms with Gasteiger partial charge in [-0.2, -0.15) is 5.10 Å². The zero-order chi connectivity index (χ0) is 19.9. The van der Waals surface area contributed by atoms with Gasteiger partial charge in [0.1, 0.15) is 11.5 Å². The van der Waals surface area contributed by atoms with Crippen molar-refractivity contribution < 1.29 is 9.47 Å². The van der Waals surface area contributed by atoms with E-state index in [0.717, 1.165) is 28.1 Å². The number of hydrogen-bond acceptors (Lipinski definition) is 6. The SMILES string of the molecule is CCOc1nc2ccccc2nc1N/N=C/c1cccc(Oc2ccccc2)c1. The van der Waals surface area contributed by atoms with Gasteiger partial charge in [0.2, 0.25) is 5.82 Å². The number of benzene rings is 3. The minimum atomic E-state index is 0.421. The maximum absolute atomic E-state index is 5.86. The molecule has 1 aromatic heterocycles. The Bertz CT molecular complexity index is 1130. The van der Waals surface area contributed by atoms with Gasteiger partial charge in [-0.1, -0.05) is 42.5 Å². The third kappa shape index (κ3) is 4.68. The van der Waals surface area contributed by atoms with E-state index in [1.807, 2.05) is 85.8 Å². The van der Waals surface area contributed by atoms with Crippen LogP contribution in [0.2, 0.25) is 0 Å². The number of hydrazone groups is 1. The van der Waals surface area contributed by atoms with Crippen molar-refractivity contribution in [2.75, 3.05) is 12.0 Å². The highest BCUT2D eigenvalue weighted by Crippen LogP contribution is 2.24.